The van der Waals surface area contributed by atoms with E-state index in [0.29, 0.717) is 16.7 Å². The Morgan fingerprint density at radius 1 is 1.02 bits per heavy atom. The van der Waals surface area contributed by atoms with Crippen LogP contribution in [0.3, 0.4) is 0 Å². The van der Waals surface area contributed by atoms with Gasteiger partial charge in [-0.15, -0.1) is 11.8 Å². The molecule has 52 heavy (non-hydrogen) atoms. The summed E-state index contributed by atoms with van der Waals surface area (Å²) in [6.07, 6.45) is -14.3. The molecule has 1 unspecified atom stereocenters. The van der Waals surface area contributed by atoms with Gasteiger partial charge in [-0.2, -0.15) is 13.2 Å². The summed E-state index contributed by atoms with van der Waals surface area (Å²) in [7, 11) is -3.82. The molecule has 0 spiro atoms. The minimum Gasteiger partial charge on any atom is -0.384 e. The number of aliphatic hydroxyl groups excluding tert-OH is 1. The van der Waals surface area contributed by atoms with Gasteiger partial charge in [0.25, 0.3) is 0 Å². The summed E-state index contributed by atoms with van der Waals surface area (Å²) in [5.74, 6) is -5.17. The van der Waals surface area contributed by atoms with Crippen molar-refractivity contribution in [2.24, 2.45) is 0 Å². The Morgan fingerprint density at radius 2 is 1.71 bits per heavy atom. The highest BCUT2D eigenvalue weighted by Crippen LogP contribution is 2.41. The molecule has 4 aromatic rings. The number of anilines is 1. The number of aliphatic hydroxyl groups is 1. The molecule has 0 aromatic heterocycles. The summed E-state index contributed by atoms with van der Waals surface area (Å²) in [6.45, 7) is -23.0. The van der Waals surface area contributed by atoms with Crippen LogP contribution in [-0.4, -0.2) is 66.4 Å². The highest BCUT2D eigenvalue weighted by molar-refractivity contribution is 8.02. The lowest BCUT2D eigenvalue weighted by atomic mass is 9.99. The third kappa shape index (κ3) is 8.86. The number of piperidine rings is 1. The lowest BCUT2D eigenvalue weighted by molar-refractivity contribution is -0.137. The number of halogens is 5. The number of benzene rings is 4. The van der Waals surface area contributed by atoms with Crippen LogP contribution in [0.1, 0.15) is 65.8 Å². The smallest absolute Gasteiger partial charge is 0.384 e. The maximum atomic E-state index is 15.5. The number of carbonyl (C=O) groups excluding carboxylic acids is 1. The molecule has 4 aromatic carbocycles. The first-order valence-electron chi connectivity index (χ1n) is 24.2. The average Bonchev–Trinajstić information content (AvgIpc) is 3.23. The summed E-state index contributed by atoms with van der Waals surface area (Å²) < 4.78 is 230. The SMILES string of the molecule is [2H]C([2H])([2H])OC([2H])([2H])C([2H])([2H])N1C([2H])([2H])C([2H])([2H])C([2H])(N(Cc2ccc(-c3ccc(C(F)(F)F)cc3)cc2)C(=O)C([2H])([2H])N2C(SCc3cccc(F)c3F)=CC(O)c3ccccc32)C([2H])([2H])C1([2H])[2H]. The van der Waals surface area contributed by atoms with Crippen molar-refractivity contribution in [2.75, 3.05) is 44.5 Å². The Labute approximate surface area is 329 Å². The maximum Gasteiger partial charge on any atom is 0.416 e. The summed E-state index contributed by atoms with van der Waals surface area (Å²) in [4.78, 5) is 14.9. The molecule has 1 atom stereocenters. The largest absolute Gasteiger partial charge is 0.416 e. The van der Waals surface area contributed by atoms with Gasteiger partial charge in [0.1, 0.15) is 12.6 Å². The van der Waals surface area contributed by atoms with E-state index >= 15 is 4.79 Å². The van der Waals surface area contributed by atoms with Crippen molar-refractivity contribution in [1.82, 2.24) is 9.80 Å². The third-order valence-electron chi connectivity index (χ3n) is 7.77. The molecule has 6 rings (SSSR count). The highest BCUT2D eigenvalue weighted by atomic mass is 32.2. The lowest BCUT2D eigenvalue weighted by Crippen LogP contribution is -2.50. The summed E-state index contributed by atoms with van der Waals surface area (Å²) in [6, 6.07) is 12.6. The predicted molar refractivity (Wildman–Crippen MR) is 193 cm³/mol. The predicted octanol–water partition coefficient (Wildman–Crippen LogP) is 8.42. The van der Waals surface area contributed by atoms with Crippen LogP contribution in [0.4, 0.5) is 27.6 Å². The zero-order chi connectivity index (χ0) is 52.8. The second-order valence-corrected chi connectivity index (χ2v) is 12.1. The number of rotatable bonds is 12. The van der Waals surface area contributed by atoms with E-state index in [1.54, 1.807) is 0 Å². The minimum atomic E-state index is -4.68. The Morgan fingerprint density at radius 3 is 2.40 bits per heavy atom. The first-order valence-corrected chi connectivity index (χ1v) is 16.2. The van der Waals surface area contributed by atoms with E-state index in [-0.39, 0.29) is 38.4 Å². The zero-order valence-electron chi connectivity index (χ0n) is 44.6. The molecule has 0 bridgehead atoms. The van der Waals surface area contributed by atoms with Gasteiger partial charge in [0.2, 0.25) is 5.91 Å². The standard InChI is InChI=1S/C40H40F5N3O3S/c1-51-22-21-46-19-17-32(18-20-46)47(24-27-9-11-28(12-10-27)29-13-15-31(16-14-29)40(43,44)45)37(50)25-48-35-8-3-2-6-33(35)36(49)23-38(48)52-26-30-5-4-7-34(41)39(30)42/h2-16,23,32,36,49H,17-22,24-26H2,1H3/i1D3,17D2,18D2,19D2,20D2,21D2,22D2,25D2,32D. The van der Waals surface area contributed by atoms with Gasteiger partial charge in [-0.05, 0) is 59.8 Å². The van der Waals surface area contributed by atoms with E-state index in [0.717, 1.165) is 48.5 Å². The number of methoxy groups -OCH3 is 1. The zero-order valence-corrected chi connectivity index (χ0v) is 27.4. The van der Waals surface area contributed by atoms with E-state index in [2.05, 4.69) is 4.74 Å². The van der Waals surface area contributed by atoms with Gasteiger partial charge in [-0.3, -0.25) is 4.79 Å². The number of alkyl halides is 3. The van der Waals surface area contributed by atoms with Crippen molar-refractivity contribution in [3.05, 3.63) is 136 Å². The number of carbonyl (C=O) groups is 1. The van der Waals surface area contributed by atoms with Crippen LogP contribution in [0, 0.1) is 11.6 Å². The van der Waals surface area contributed by atoms with E-state index in [1.165, 1.54) is 48.5 Å². The number of para-hydroxylation sites is 1. The molecule has 1 N–H and O–H groups in total. The molecule has 2 aliphatic heterocycles. The molecule has 1 saturated heterocycles. The van der Waals surface area contributed by atoms with E-state index in [9.17, 15) is 36.7 Å². The van der Waals surface area contributed by atoms with Crippen LogP contribution in [0.2, 0.25) is 0 Å². The first kappa shape index (κ1) is 20.9. The van der Waals surface area contributed by atoms with Crippen molar-refractivity contribution in [3.63, 3.8) is 0 Å². The fourth-order valence-corrected chi connectivity index (χ4v) is 6.20. The second-order valence-electron chi connectivity index (χ2n) is 11.1. The van der Waals surface area contributed by atoms with Gasteiger partial charge in [0.05, 0.1) is 28.1 Å². The number of ether oxygens (including phenoxy) is 1. The first-order chi connectivity index (χ1) is 31.8. The van der Waals surface area contributed by atoms with Gasteiger partial charge >= 0.3 is 6.18 Å². The van der Waals surface area contributed by atoms with Crippen LogP contribution in [0.15, 0.2) is 102 Å². The number of fused-ring (bicyclic) bond motifs is 1. The van der Waals surface area contributed by atoms with Crippen molar-refractivity contribution in [1.29, 1.82) is 0 Å². The van der Waals surface area contributed by atoms with Crippen LogP contribution in [-0.2, 0) is 28.0 Å². The minimum absolute atomic E-state index is 0.0751. The number of amides is 1. The van der Waals surface area contributed by atoms with Crippen LogP contribution < -0.4 is 4.90 Å². The molecule has 2 heterocycles. The number of hydrogen-bond acceptors (Lipinski definition) is 6. The van der Waals surface area contributed by atoms with E-state index < -0.39 is 116 Å². The van der Waals surface area contributed by atoms with Crippen LogP contribution in [0.25, 0.3) is 11.1 Å². The number of likely N-dealkylation sites (tertiary alicyclic amines) is 1. The molecule has 12 heteroatoms. The van der Waals surface area contributed by atoms with Crippen LogP contribution >= 0.6 is 11.8 Å². The van der Waals surface area contributed by atoms with Crippen molar-refractivity contribution >= 4 is 23.4 Å². The van der Waals surface area contributed by atoms with E-state index in [4.69, 9.17) is 15.1 Å². The maximum absolute atomic E-state index is 15.5. The van der Waals surface area contributed by atoms with Crippen molar-refractivity contribution < 1.29 is 61.3 Å². The summed E-state index contributed by atoms with van der Waals surface area (Å²) >= 11 is 0.550. The molecule has 0 radical (unpaired) electrons. The molecule has 0 aliphatic carbocycles. The van der Waals surface area contributed by atoms with Crippen LogP contribution in [0.5, 0.6) is 0 Å². The molecular formula is C40H40F5N3O3S. The Bertz CT molecular complexity index is 2630. The van der Waals surface area contributed by atoms with Crippen molar-refractivity contribution in [2.45, 2.75) is 43.3 Å². The van der Waals surface area contributed by atoms with Gasteiger partial charge in [0, 0.05) is 75.4 Å². The third-order valence-corrected chi connectivity index (χ3v) is 8.84. The number of hydrogen-bond donors (Lipinski definition) is 1. The van der Waals surface area contributed by atoms with Gasteiger partial charge < -0.3 is 24.5 Å². The van der Waals surface area contributed by atoms with Gasteiger partial charge in [0.15, 0.2) is 11.6 Å². The fraction of sp³-hybridized carbons (Fsp3) is 0.325. The van der Waals surface area contributed by atoms with Crippen molar-refractivity contribution in [3.8, 4) is 11.1 Å². The normalized spacial score (nSPS) is 27.5. The summed E-state index contributed by atoms with van der Waals surface area (Å²) in [5.41, 5.74) is -1.45. The molecule has 274 valence electrons. The molecule has 6 nitrogen and oxygen atoms in total. The molecule has 1 fully saturated rings. The Balaban J connectivity index is 1.55. The molecular weight excluding hydrogens is 698 g/mol. The molecule has 2 aliphatic rings. The van der Waals surface area contributed by atoms with E-state index in [1.807, 2.05) is 0 Å². The second kappa shape index (κ2) is 16.6. The van der Waals surface area contributed by atoms with Gasteiger partial charge in [-0.25, -0.2) is 8.78 Å². The molecule has 0 saturated carbocycles. The number of nitrogens with zero attached hydrogens (tertiary/aromatic N) is 3. The number of thioether (sulfide) groups is 1. The van der Waals surface area contributed by atoms with Gasteiger partial charge in [-0.1, -0.05) is 66.7 Å². The molecule has 1 amide bonds. The highest BCUT2D eigenvalue weighted by Gasteiger charge is 2.33. The topological polar surface area (TPSA) is 56.2 Å². The lowest BCUT2D eigenvalue weighted by Gasteiger charge is -2.40. The quantitative estimate of drug-likeness (QED) is 0.147. The monoisotopic (exact) mass is 755 g/mol. The average molecular weight is 756 g/mol. The fourth-order valence-electron chi connectivity index (χ4n) is 5.18. The Hall–Kier alpha value is -4.23. The Kier molecular flexibility index (Phi) is 6.67. The summed E-state index contributed by atoms with van der Waals surface area (Å²) in [5, 5.41) is 10.8.